The largest absolute Gasteiger partial charge is 0.323 e. The van der Waals surface area contributed by atoms with Crippen LogP contribution in [0.3, 0.4) is 0 Å². The summed E-state index contributed by atoms with van der Waals surface area (Å²) in [6.45, 7) is 1.01. The van der Waals surface area contributed by atoms with Gasteiger partial charge in [-0.3, -0.25) is 14.4 Å². The van der Waals surface area contributed by atoms with Crippen LogP contribution in [-0.2, 0) is 16.1 Å². The van der Waals surface area contributed by atoms with Gasteiger partial charge in [0.25, 0.3) is 5.56 Å². The fraction of sp³-hybridized carbons (Fsp3) is 0.100. The van der Waals surface area contributed by atoms with Crippen molar-refractivity contribution >= 4 is 39.1 Å². The number of para-hydroxylation sites is 1. The van der Waals surface area contributed by atoms with Crippen LogP contribution in [-0.4, -0.2) is 21.6 Å². The second kappa shape index (κ2) is 8.62. The number of halogens is 1. The van der Waals surface area contributed by atoms with Gasteiger partial charge in [0.15, 0.2) is 0 Å². The molecule has 0 saturated carbocycles. The lowest BCUT2D eigenvalue weighted by Crippen LogP contribution is -2.32. The lowest BCUT2D eigenvalue weighted by molar-refractivity contribution is -0.117. The molecule has 0 saturated heterocycles. The molecule has 0 unspecified atom stereocenters. The quantitative estimate of drug-likeness (QED) is 0.636. The molecule has 0 aliphatic carbocycles. The van der Waals surface area contributed by atoms with Crippen molar-refractivity contribution in [2.45, 2.75) is 13.5 Å². The Labute approximate surface area is 169 Å². The molecule has 2 amide bonds. The van der Waals surface area contributed by atoms with E-state index in [-0.39, 0.29) is 18.1 Å². The predicted octanol–water partition coefficient (Wildman–Crippen LogP) is 3.27. The van der Waals surface area contributed by atoms with Gasteiger partial charge in [-0.05, 0) is 34.1 Å². The molecule has 0 radical (unpaired) electrons. The highest BCUT2D eigenvalue weighted by Gasteiger charge is 2.14. The Balaban J connectivity index is 1.94. The number of hydrogen-bond donors (Lipinski definition) is 2. The van der Waals surface area contributed by atoms with Crippen LogP contribution in [0.4, 0.5) is 11.4 Å². The van der Waals surface area contributed by atoms with Crippen molar-refractivity contribution in [3.8, 4) is 11.3 Å². The lowest BCUT2D eigenvalue weighted by atomic mass is 10.1. The van der Waals surface area contributed by atoms with E-state index in [9.17, 15) is 14.4 Å². The van der Waals surface area contributed by atoms with Gasteiger partial charge in [-0.15, -0.1) is 0 Å². The minimum Gasteiger partial charge on any atom is -0.323 e. The standard InChI is InChI=1S/C20H17BrN4O3/c1-13(26)22-18-11-17(14-7-3-2-4-8-14)24-25(20(18)28)12-19(27)23-16-10-6-5-9-15(16)21/h2-11H,12H2,1H3,(H,22,26)(H,23,27). The van der Waals surface area contributed by atoms with Crippen LogP contribution in [0.5, 0.6) is 0 Å². The first-order valence-corrected chi connectivity index (χ1v) is 9.23. The maximum atomic E-state index is 12.6. The lowest BCUT2D eigenvalue weighted by Gasteiger charge is -2.12. The van der Waals surface area contributed by atoms with E-state index in [1.807, 2.05) is 36.4 Å². The molecule has 0 atom stereocenters. The van der Waals surface area contributed by atoms with Crippen LogP contribution in [0.25, 0.3) is 11.3 Å². The van der Waals surface area contributed by atoms with Crippen molar-refractivity contribution in [3.05, 3.63) is 75.5 Å². The van der Waals surface area contributed by atoms with Crippen LogP contribution in [0.1, 0.15) is 6.92 Å². The highest BCUT2D eigenvalue weighted by Crippen LogP contribution is 2.21. The Morgan fingerprint density at radius 3 is 2.36 bits per heavy atom. The summed E-state index contributed by atoms with van der Waals surface area (Å²) in [5, 5.41) is 9.53. The number of anilines is 2. The van der Waals surface area contributed by atoms with Crippen molar-refractivity contribution in [1.29, 1.82) is 0 Å². The van der Waals surface area contributed by atoms with Gasteiger partial charge in [0.05, 0.1) is 11.4 Å². The van der Waals surface area contributed by atoms with E-state index in [4.69, 9.17) is 0 Å². The van der Waals surface area contributed by atoms with Crippen LogP contribution in [0.2, 0.25) is 0 Å². The number of carbonyl (C=O) groups excluding carboxylic acids is 2. The highest BCUT2D eigenvalue weighted by molar-refractivity contribution is 9.10. The Bertz CT molecular complexity index is 1080. The number of aromatic nitrogens is 2. The van der Waals surface area contributed by atoms with Crippen molar-refractivity contribution in [2.75, 3.05) is 10.6 Å². The van der Waals surface area contributed by atoms with Gasteiger partial charge in [0.1, 0.15) is 12.2 Å². The Morgan fingerprint density at radius 1 is 1.00 bits per heavy atom. The van der Waals surface area contributed by atoms with Gasteiger partial charge >= 0.3 is 0 Å². The van der Waals surface area contributed by atoms with E-state index in [2.05, 4.69) is 31.7 Å². The molecular weight excluding hydrogens is 424 g/mol. The molecule has 3 rings (SSSR count). The molecule has 0 bridgehead atoms. The Kier molecular flexibility index (Phi) is 6.00. The minimum absolute atomic E-state index is 0.0649. The number of benzene rings is 2. The summed E-state index contributed by atoms with van der Waals surface area (Å²) in [5.74, 6) is -0.799. The van der Waals surface area contributed by atoms with Crippen molar-refractivity contribution < 1.29 is 9.59 Å². The number of nitrogens with zero attached hydrogens (tertiary/aromatic N) is 2. The molecule has 28 heavy (non-hydrogen) atoms. The predicted molar refractivity (Wildman–Crippen MR) is 111 cm³/mol. The average molecular weight is 441 g/mol. The van der Waals surface area contributed by atoms with E-state index in [0.717, 1.165) is 14.7 Å². The molecule has 2 aromatic carbocycles. The maximum Gasteiger partial charge on any atom is 0.291 e. The smallest absolute Gasteiger partial charge is 0.291 e. The molecule has 0 aliphatic heterocycles. The molecular formula is C20H17BrN4O3. The van der Waals surface area contributed by atoms with Crippen molar-refractivity contribution in [1.82, 2.24) is 9.78 Å². The second-order valence-electron chi connectivity index (χ2n) is 5.98. The molecule has 7 nitrogen and oxygen atoms in total. The van der Waals surface area contributed by atoms with Crippen LogP contribution >= 0.6 is 15.9 Å². The van der Waals surface area contributed by atoms with Crippen molar-refractivity contribution in [2.24, 2.45) is 0 Å². The average Bonchev–Trinajstić information content (AvgIpc) is 2.67. The first-order valence-electron chi connectivity index (χ1n) is 8.43. The Hall–Kier alpha value is -3.26. The molecule has 1 aromatic heterocycles. The zero-order valence-corrected chi connectivity index (χ0v) is 16.6. The van der Waals surface area contributed by atoms with Crippen LogP contribution in [0, 0.1) is 0 Å². The van der Waals surface area contributed by atoms with E-state index in [1.165, 1.54) is 13.0 Å². The fourth-order valence-electron chi connectivity index (χ4n) is 2.57. The summed E-state index contributed by atoms with van der Waals surface area (Å²) in [4.78, 5) is 36.5. The van der Waals surface area contributed by atoms with E-state index < -0.39 is 11.5 Å². The van der Waals surface area contributed by atoms with Crippen LogP contribution < -0.4 is 16.2 Å². The van der Waals surface area contributed by atoms with E-state index in [1.54, 1.807) is 18.2 Å². The first kappa shape index (κ1) is 19.5. The number of rotatable bonds is 5. The summed E-state index contributed by atoms with van der Waals surface area (Å²) in [7, 11) is 0. The molecule has 8 heteroatoms. The second-order valence-corrected chi connectivity index (χ2v) is 6.84. The molecule has 2 N–H and O–H groups in total. The van der Waals surface area contributed by atoms with Gasteiger partial charge in [0.2, 0.25) is 11.8 Å². The van der Waals surface area contributed by atoms with E-state index in [0.29, 0.717) is 11.4 Å². The van der Waals surface area contributed by atoms with Crippen molar-refractivity contribution in [3.63, 3.8) is 0 Å². The molecule has 0 spiro atoms. The summed E-state index contributed by atoms with van der Waals surface area (Å²) in [5.41, 5.74) is 1.32. The third-order valence-corrected chi connectivity index (χ3v) is 4.49. The molecule has 1 heterocycles. The minimum atomic E-state index is -0.558. The van der Waals surface area contributed by atoms with Gasteiger partial charge < -0.3 is 10.6 Å². The zero-order chi connectivity index (χ0) is 20.1. The molecule has 3 aromatic rings. The number of hydrogen-bond acceptors (Lipinski definition) is 4. The third kappa shape index (κ3) is 4.72. The van der Waals surface area contributed by atoms with Gasteiger partial charge in [-0.25, -0.2) is 4.68 Å². The SMILES string of the molecule is CC(=O)Nc1cc(-c2ccccc2)nn(CC(=O)Nc2ccccc2Br)c1=O. The summed E-state index contributed by atoms with van der Waals surface area (Å²) >= 11 is 3.36. The summed E-state index contributed by atoms with van der Waals surface area (Å²) in [6.07, 6.45) is 0. The molecule has 142 valence electrons. The molecule has 0 fully saturated rings. The van der Waals surface area contributed by atoms with E-state index >= 15 is 0 Å². The zero-order valence-electron chi connectivity index (χ0n) is 15.0. The number of nitrogens with one attached hydrogen (secondary N) is 2. The normalized spacial score (nSPS) is 10.4. The summed E-state index contributed by atoms with van der Waals surface area (Å²) < 4.78 is 1.76. The first-order chi connectivity index (χ1) is 13.4. The number of carbonyl (C=O) groups is 2. The fourth-order valence-corrected chi connectivity index (χ4v) is 2.95. The van der Waals surface area contributed by atoms with Crippen LogP contribution in [0.15, 0.2) is 69.9 Å². The molecule has 0 aliphatic rings. The highest BCUT2D eigenvalue weighted by atomic mass is 79.9. The Morgan fingerprint density at radius 2 is 1.68 bits per heavy atom. The third-order valence-electron chi connectivity index (χ3n) is 3.80. The van der Waals surface area contributed by atoms with Gasteiger partial charge in [-0.1, -0.05) is 42.5 Å². The number of amides is 2. The van der Waals surface area contributed by atoms with Gasteiger partial charge in [-0.2, -0.15) is 5.10 Å². The monoisotopic (exact) mass is 440 g/mol. The van der Waals surface area contributed by atoms with Gasteiger partial charge in [0, 0.05) is 17.0 Å². The maximum absolute atomic E-state index is 12.6. The topological polar surface area (TPSA) is 93.1 Å². The summed E-state index contributed by atoms with van der Waals surface area (Å²) in [6, 6.07) is 17.8.